The van der Waals surface area contributed by atoms with Crippen LogP contribution in [0, 0.1) is 0 Å². The van der Waals surface area contributed by atoms with Gasteiger partial charge in [0.25, 0.3) is 5.91 Å². The molecule has 2 fully saturated rings. The number of carbonyl (C=O) groups excluding carboxylic acids is 3. The standard InChI is InChI=1S/C18H21N5O3S2/c1-11(24)23(13-4-5-13)17-20-21-18(28-17)27-10-15(25)12-8-14(19-9-12)16(26)22-6-2-3-7-22/h8-9,13,19H,2-7,10H2,1H3. The van der Waals surface area contributed by atoms with Gasteiger partial charge in [-0.05, 0) is 31.7 Å². The van der Waals surface area contributed by atoms with Crippen LogP contribution in [0.15, 0.2) is 16.6 Å². The molecule has 3 heterocycles. The van der Waals surface area contributed by atoms with Crippen LogP contribution in [0.1, 0.15) is 53.5 Å². The van der Waals surface area contributed by atoms with Crippen molar-refractivity contribution in [3.8, 4) is 0 Å². The first-order valence-electron chi connectivity index (χ1n) is 9.30. The van der Waals surface area contributed by atoms with E-state index in [0.717, 1.165) is 38.8 Å². The minimum Gasteiger partial charge on any atom is -0.356 e. The Morgan fingerprint density at radius 3 is 2.71 bits per heavy atom. The summed E-state index contributed by atoms with van der Waals surface area (Å²) in [6.07, 6.45) is 5.63. The Morgan fingerprint density at radius 2 is 2.04 bits per heavy atom. The lowest BCUT2D eigenvalue weighted by Crippen LogP contribution is -2.30. The zero-order chi connectivity index (χ0) is 19.7. The molecule has 2 aromatic heterocycles. The number of H-pyrrole nitrogens is 1. The van der Waals surface area contributed by atoms with Crippen LogP contribution >= 0.6 is 23.1 Å². The third kappa shape index (κ3) is 4.12. The van der Waals surface area contributed by atoms with Gasteiger partial charge < -0.3 is 9.88 Å². The number of Topliss-reactive ketones (excluding diaryl/α,β-unsaturated/α-hetero) is 1. The van der Waals surface area contributed by atoms with E-state index < -0.39 is 0 Å². The quantitative estimate of drug-likeness (QED) is 0.421. The van der Waals surface area contributed by atoms with Crippen molar-refractivity contribution in [2.24, 2.45) is 0 Å². The highest BCUT2D eigenvalue weighted by Crippen LogP contribution is 2.35. The van der Waals surface area contributed by atoms with Gasteiger partial charge in [-0.3, -0.25) is 19.3 Å². The smallest absolute Gasteiger partial charge is 0.270 e. The molecule has 1 saturated carbocycles. The number of hydrogen-bond acceptors (Lipinski definition) is 7. The fourth-order valence-electron chi connectivity index (χ4n) is 3.22. The number of aromatic amines is 1. The summed E-state index contributed by atoms with van der Waals surface area (Å²) in [5, 5.41) is 8.79. The Labute approximate surface area is 170 Å². The summed E-state index contributed by atoms with van der Waals surface area (Å²) in [6, 6.07) is 1.86. The number of rotatable bonds is 7. The maximum atomic E-state index is 12.5. The number of amides is 2. The maximum Gasteiger partial charge on any atom is 0.270 e. The summed E-state index contributed by atoms with van der Waals surface area (Å²) in [5.41, 5.74) is 0.943. The summed E-state index contributed by atoms with van der Waals surface area (Å²) in [7, 11) is 0. The molecule has 0 bridgehead atoms. The van der Waals surface area contributed by atoms with Crippen molar-refractivity contribution >= 4 is 45.8 Å². The number of likely N-dealkylation sites (tertiary alicyclic amines) is 1. The SMILES string of the molecule is CC(=O)N(c1nnc(SCC(=O)c2c[nH]c(C(=O)N3CCCC3)c2)s1)C1CC1. The number of aromatic nitrogens is 3. The lowest BCUT2D eigenvalue weighted by atomic mass is 10.2. The van der Waals surface area contributed by atoms with Crippen molar-refractivity contribution in [1.82, 2.24) is 20.1 Å². The molecule has 148 valence electrons. The topological polar surface area (TPSA) is 99.3 Å². The third-order valence-electron chi connectivity index (χ3n) is 4.81. The number of anilines is 1. The van der Waals surface area contributed by atoms with Gasteiger partial charge in [0, 0.05) is 37.8 Å². The number of thioether (sulfide) groups is 1. The Balaban J connectivity index is 1.35. The maximum absolute atomic E-state index is 12.5. The van der Waals surface area contributed by atoms with Gasteiger partial charge in [0.15, 0.2) is 10.1 Å². The van der Waals surface area contributed by atoms with Gasteiger partial charge in [0.1, 0.15) is 5.69 Å². The van der Waals surface area contributed by atoms with Crippen molar-refractivity contribution in [3.63, 3.8) is 0 Å². The van der Waals surface area contributed by atoms with E-state index in [4.69, 9.17) is 0 Å². The largest absolute Gasteiger partial charge is 0.356 e. The summed E-state index contributed by atoms with van der Waals surface area (Å²) < 4.78 is 0.652. The average Bonchev–Trinajstić information content (AvgIpc) is 3.14. The van der Waals surface area contributed by atoms with Crippen LogP contribution in [-0.2, 0) is 4.79 Å². The van der Waals surface area contributed by atoms with Crippen LogP contribution in [0.2, 0.25) is 0 Å². The molecule has 1 saturated heterocycles. The van der Waals surface area contributed by atoms with Gasteiger partial charge in [-0.15, -0.1) is 10.2 Å². The van der Waals surface area contributed by atoms with E-state index in [0.29, 0.717) is 20.7 Å². The Bertz CT molecular complexity index is 899. The second-order valence-corrected chi connectivity index (χ2v) is 9.16. The lowest BCUT2D eigenvalue weighted by Gasteiger charge is -2.15. The summed E-state index contributed by atoms with van der Waals surface area (Å²) >= 11 is 2.62. The van der Waals surface area contributed by atoms with Crippen molar-refractivity contribution < 1.29 is 14.4 Å². The molecule has 8 nitrogen and oxygen atoms in total. The first-order valence-corrected chi connectivity index (χ1v) is 11.1. The third-order valence-corrected chi connectivity index (χ3v) is 6.86. The highest BCUT2D eigenvalue weighted by molar-refractivity contribution is 8.01. The van der Waals surface area contributed by atoms with Crippen LogP contribution in [0.4, 0.5) is 5.13 Å². The molecule has 2 amide bonds. The number of nitrogens with one attached hydrogen (secondary N) is 1. The zero-order valence-electron chi connectivity index (χ0n) is 15.5. The van der Waals surface area contributed by atoms with Crippen LogP contribution in [0.25, 0.3) is 0 Å². The molecule has 4 rings (SSSR count). The molecule has 1 aliphatic carbocycles. The van der Waals surface area contributed by atoms with Crippen LogP contribution in [-0.4, -0.2) is 62.6 Å². The predicted octanol–water partition coefficient (Wildman–Crippen LogP) is 2.59. The van der Waals surface area contributed by atoms with E-state index in [1.807, 2.05) is 0 Å². The van der Waals surface area contributed by atoms with E-state index in [1.165, 1.54) is 30.0 Å². The second-order valence-electron chi connectivity index (χ2n) is 6.98. The van der Waals surface area contributed by atoms with Crippen molar-refractivity contribution in [1.29, 1.82) is 0 Å². The van der Waals surface area contributed by atoms with Gasteiger partial charge in [0.05, 0.1) is 5.75 Å². The Hall–Kier alpha value is -2.20. The fourth-order valence-corrected chi connectivity index (χ4v) is 5.07. The summed E-state index contributed by atoms with van der Waals surface area (Å²) in [4.78, 5) is 43.1. The van der Waals surface area contributed by atoms with E-state index in [1.54, 1.807) is 22.1 Å². The Morgan fingerprint density at radius 1 is 1.29 bits per heavy atom. The Kier molecular flexibility index (Phi) is 5.49. The molecule has 0 atom stereocenters. The predicted molar refractivity (Wildman–Crippen MR) is 107 cm³/mol. The van der Waals surface area contributed by atoms with Crippen LogP contribution in [0.3, 0.4) is 0 Å². The molecule has 0 radical (unpaired) electrons. The minimum absolute atomic E-state index is 0.0335. The zero-order valence-corrected chi connectivity index (χ0v) is 17.1. The van der Waals surface area contributed by atoms with Crippen molar-refractivity contribution in [2.45, 2.75) is 43.0 Å². The summed E-state index contributed by atoms with van der Waals surface area (Å²) in [5.74, 6) is 0.0353. The van der Waals surface area contributed by atoms with Gasteiger partial charge in [-0.1, -0.05) is 23.1 Å². The molecule has 0 unspecified atom stereocenters. The number of ketones is 1. The van der Waals surface area contributed by atoms with E-state index in [-0.39, 0.29) is 29.4 Å². The average molecular weight is 420 g/mol. The van der Waals surface area contributed by atoms with Gasteiger partial charge in [-0.25, -0.2) is 0 Å². The molecule has 0 spiro atoms. The van der Waals surface area contributed by atoms with E-state index >= 15 is 0 Å². The minimum atomic E-state index is -0.0795. The lowest BCUT2D eigenvalue weighted by molar-refractivity contribution is -0.116. The highest BCUT2D eigenvalue weighted by atomic mass is 32.2. The van der Waals surface area contributed by atoms with Crippen molar-refractivity contribution in [2.75, 3.05) is 23.7 Å². The first-order chi connectivity index (χ1) is 13.5. The van der Waals surface area contributed by atoms with Crippen molar-refractivity contribution in [3.05, 3.63) is 23.5 Å². The molecule has 0 aromatic carbocycles. The molecular weight excluding hydrogens is 398 g/mol. The summed E-state index contributed by atoms with van der Waals surface area (Å²) in [6.45, 7) is 3.08. The van der Waals surface area contributed by atoms with Gasteiger partial charge in [0.2, 0.25) is 11.0 Å². The van der Waals surface area contributed by atoms with Crippen LogP contribution in [0.5, 0.6) is 0 Å². The van der Waals surface area contributed by atoms with E-state index in [2.05, 4.69) is 15.2 Å². The number of hydrogen-bond donors (Lipinski definition) is 1. The van der Waals surface area contributed by atoms with Gasteiger partial charge in [-0.2, -0.15) is 0 Å². The molecule has 28 heavy (non-hydrogen) atoms. The highest BCUT2D eigenvalue weighted by Gasteiger charge is 2.34. The second kappa shape index (κ2) is 8.04. The fraction of sp³-hybridized carbons (Fsp3) is 0.500. The molecule has 10 heteroatoms. The molecular formula is C18H21N5O3S2. The molecule has 1 aliphatic heterocycles. The number of carbonyl (C=O) groups is 3. The number of nitrogens with zero attached hydrogens (tertiary/aromatic N) is 4. The van der Waals surface area contributed by atoms with E-state index in [9.17, 15) is 14.4 Å². The van der Waals surface area contributed by atoms with Crippen LogP contribution < -0.4 is 4.90 Å². The van der Waals surface area contributed by atoms with Gasteiger partial charge >= 0.3 is 0 Å². The molecule has 2 aromatic rings. The first kappa shape index (κ1) is 19.1. The normalized spacial score (nSPS) is 16.4. The molecule has 2 aliphatic rings. The molecule has 1 N–H and O–H groups in total. The monoisotopic (exact) mass is 419 g/mol.